The highest BCUT2D eigenvalue weighted by molar-refractivity contribution is 5.85. The van der Waals surface area contributed by atoms with E-state index in [1.54, 1.807) is 6.20 Å². The number of halogens is 1. The molecule has 6 heteroatoms. The van der Waals surface area contributed by atoms with Crippen molar-refractivity contribution in [1.29, 1.82) is 0 Å². The van der Waals surface area contributed by atoms with Crippen molar-refractivity contribution >= 4 is 12.4 Å². The maximum absolute atomic E-state index is 5.67. The molecule has 1 aromatic carbocycles. The van der Waals surface area contributed by atoms with E-state index in [9.17, 15) is 0 Å². The molecule has 2 N–H and O–H groups in total. The van der Waals surface area contributed by atoms with Crippen molar-refractivity contribution in [3.05, 3.63) is 48.3 Å². The largest absolute Gasteiger partial charge is 0.374 e. The molecule has 0 amide bonds. The number of hydrogen-bond donors (Lipinski definition) is 1. The lowest BCUT2D eigenvalue weighted by molar-refractivity contribution is -0.0260. The first-order valence-corrected chi connectivity index (χ1v) is 6.98. The summed E-state index contributed by atoms with van der Waals surface area (Å²) < 4.78 is 7.45. The standard InChI is InChI=1S/C15H20N4O.ClH/c16-10-15-12-18(8-9-20-15)11-13-2-4-14(5-3-13)19-7-1-6-17-19;/h1-7,15H,8-12,16H2;1H. The topological polar surface area (TPSA) is 56.3 Å². The van der Waals surface area contributed by atoms with Gasteiger partial charge < -0.3 is 10.5 Å². The van der Waals surface area contributed by atoms with Crippen molar-refractivity contribution in [2.45, 2.75) is 12.6 Å². The van der Waals surface area contributed by atoms with Crippen molar-refractivity contribution in [2.75, 3.05) is 26.2 Å². The van der Waals surface area contributed by atoms with Gasteiger partial charge in [-0.3, -0.25) is 4.90 Å². The summed E-state index contributed by atoms with van der Waals surface area (Å²) in [5.41, 5.74) is 8.06. The molecule has 0 radical (unpaired) electrons. The first kappa shape index (κ1) is 16.0. The molecule has 0 bridgehead atoms. The van der Waals surface area contributed by atoms with Gasteiger partial charge in [-0.2, -0.15) is 5.10 Å². The van der Waals surface area contributed by atoms with Crippen LogP contribution in [0.15, 0.2) is 42.7 Å². The summed E-state index contributed by atoms with van der Waals surface area (Å²) in [4.78, 5) is 2.39. The van der Waals surface area contributed by atoms with Crippen LogP contribution in [0, 0.1) is 0 Å². The van der Waals surface area contributed by atoms with E-state index in [1.807, 2.05) is 16.9 Å². The number of nitrogens with two attached hydrogens (primary N) is 1. The third kappa shape index (κ3) is 4.04. The molecule has 1 fully saturated rings. The highest BCUT2D eigenvalue weighted by Gasteiger charge is 2.18. The number of nitrogens with zero attached hydrogens (tertiary/aromatic N) is 3. The van der Waals surface area contributed by atoms with E-state index in [0.29, 0.717) is 6.54 Å². The number of morpholine rings is 1. The van der Waals surface area contributed by atoms with E-state index in [2.05, 4.69) is 34.3 Å². The van der Waals surface area contributed by atoms with Gasteiger partial charge in [0.15, 0.2) is 0 Å². The number of rotatable bonds is 4. The molecule has 1 saturated heterocycles. The fourth-order valence-electron chi connectivity index (χ4n) is 2.50. The lowest BCUT2D eigenvalue weighted by Crippen LogP contribution is -2.45. The second-order valence-corrected chi connectivity index (χ2v) is 5.08. The number of ether oxygens (including phenoxy) is 1. The van der Waals surface area contributed by atoms with Crippen LogP contribution in [0.5, 0.6) is 0 Å². The van der Waals surface area contributed by atoms with E-state index in [0.717, 1.165) is 31.9 Å². The molecule has 114 valence electrons. The Kier molecular flexibility index (Phi) is 5.76. The van der Waals surface area contributed by atoms with Crippen molar-refractivity contribution in [3.8, 4) is 5.69 Å². The summed E-state index contributed by atoms with van der Waals surface area (Å²) >= 11 is 0. The smallest absolute Gasteiger partial charge is 0.0824 e. The number of hydrogen-bond acceptors (Lipinski definition) is 4. The molecule has 3 rings (SSSR count). The Bertz CT molecular complexity index is 529. The van der Waals surface area contributed by atoms with Gasteiger partial charge in [-0.05, 0) is 23.8 Å². The van der Waals surface area contributed by atoms with Crippen LogP contribution in [0.2, 0.25) is 0 Å². The van der Waals surface area contributed by atoms with Gasteiger partial charge in [0.1, 0.15) is 0 Å². The van der Waals surface area contributed by atoms with Gasteiger partial charge in [0.25, 0.3) is 0 Å². The SMILES string of the molecule is Cl.NCC1CN(Cc2ccc(-n3cccn3)cc2)CCO1. The monoisotopic (exact) mass is 308 g/mol. The minimum Gasteiger partial charge on any atom is -0.374 e. The Morgan fingerprint density at radius 1 is 1.29 bits per heavy atom. The van der Waals surface area contributed by atoms with Gasteiger partial charge in [-0.1, -0.05) is 12.1 Å². The molecule has 1 aliphatic rings. The zero-order valence-corrected chi connectivity index (χ0v) is 12.7. The maximum atomic E-state index is 5.67. The first-order chi connectivity index (χ1) is 9.85. The predicted molar refractivity (Wildman–Crippen MR) is 84.9 cm³/mol. The molecule has 0 aliphatic carbocycles. The van der Waals surface area contributed by atoms with Gasteiger partial charge in [0.2, 0.25) is 0 Å². The van der Waals surface area contributed by atoms with E-state index < -0.39 is 0 Å². The van der Waals surface area contributed by atoms with E-state index in [1.165, 1.54) is 5.56 Å². The van der Waals surface area contributed by atoms with E-state index in [-0.39, 0.29) is 18.5 Å². The van der Waals surface area contributed by atoms with Crippen LogP contribution in [0.4, 0.5) is 0 Å². The molecule has 1 atom stereocenters. The Balaban J connectivity index is 0.00000161. The Morgan fingerprint density at radius 3 is 2.76 bits per heavy atom. The highest BCUT2D eigenvalue weighted by Crippen LogP contribution is 2.13. The van der Waals surface area contributed by atoms with Gasteiger partial charge in [-0.25, -0.2) is 4.68 Å². The maximum Gasteiger partial charge on any atom is 0.0824 e. The second-order valence-electron chi connectivity index (χ2n) is 5.08. The highest BCUT2D eigenvalue weighted by atomic mass is 35.5. The van der Waals surface area contributed by atoms with Crippen LogP contribution in [0.25, 0.3) is 5.69 Å². The van der Waals surface area contributed by atoms with Crippen molar-refractivity contribution in [1.82, 2.24) is 14.7 Å². The summed E-state index contributed by atoms with van der Waals surface area (Å²) in [5, 5.41) is 4.23. The fourth-order valence-corrected chi connectivity index (χ4v) is 2.50. The molecular formula is C15H21ClN4O. The average molecular weight is 309 g/mol. The summed E-state index contributed by atoms with van der Waals surface area (Å²) in [7, 11) is 0. The van der Waals surface area contributed by atoms with Crippen LogP contribution < -0.4 is 5.73 Å². The summed E-state index contributed by atoms with van der Waals surface area (Å²) in [6.07, 6.45) is 3.91. The normalized spacial score (nSPS) is 19.2. The minimum atomic E-state index is 0. The molecule has 0 spiro atoms. The minimum absolute atomic E-state index is 0. The van der Waals surface area contributed by atoms with Gasteiger partial charge >= 0.3 is 0 Å². The third-order valence-corrected chi connectivity index (χ3v) is 3.60. The van der Waals surface area contributed by atoms with Crippen LogP contribution in [0.1, 0.15) is 5.56 Å². The molecule has 21 heavy (non-hydrogen) atoms. The number of benzene rings is 1. The van der Waals surface area contributed by atoms with Crippen LogP contribution in [-0.4, -0.2) is 47.0 Å². The molecule has 5 nitrogen and oxygen atoms in total. The van der Waals surface area contributed by atoms with Crippen molar-refractivity contribution in [3.63, 3.8) is 0 Å². The Morgan fingerprint density at radius 2 is 2.10 bits per heavy atom. The molecule has 2 aromatic rings. The van der Waals surface area contributed by atoms with Crippen LogP contribution >= 0.6 is 12.4 Å². The van der Waals surface area contributed by atoms with Crippen LogP contribution in [-0.2, 0) is 11.3 Å². The fraction of sp³-hybridized carbons (Fsp3) is 0.400. The summed E-state index contributed by atoms with van der Waals surface area (Å²) in [6, 6.07) is 10.4. The van der Waals surface area contributed by atoms with Gasteiger partial charge in [0, 0.05) is 38.6 Å². The van der Waals surface area contributed by atoms with Crippen LogP contribution in [0.3, 0.4) is 0 Å². The first-order valence-electron chi connectivity index (χ1n) is 6.98. The second kappa shape index (κ2) is 7.56. The third-order valence-electron chi connectivity index (χ3n) is 3.60. The Hall–Kier alpha value is -1.40. The lowest BCUT2D eigenvalue weighted by atomic mass is 10.1. The molecule has 1 aromatic heterocycles. The van der Waals surface area contributed by atoms with E-state index in [4.69, 9.17) is 10.5 Å². The molecule has 0 saturated carbocycles. The van der Waals surface area contributed by atoms with Crippen molar-refractivity contribution < 1.29 is 4.74 Å². The predicted octanol–water partition coefficient (Wildman–Crippen LogP) is 1.45. The molecule has 1 unspecified atom stereocenters. The number of aromatic nitrogens is 2. The van der Waals surface area contributed by atoms with Gasteiger partial charge in [-0.15, -0.1) is 12.4 Å². The summed E-state index contributed by atoms with van der Waals surface area (Å²) in [5.74, 6) is 0. The zero-order chi connectivity index (χ0) is 13.8. The van der Waals surface area contributed by atoms with Crippen molar-refractivity contribution in [2.24, 2.45) is 5.73 Å². The Labute approximate surface area is 131 Å². The molecular weight excluding hydrogens is 288 g/mol. The summed E-state index contributed by atoms with van der Waals surface area (Å²) in [6.45, 7) is 4.19. The molecule has 2 heterocycles. The quantitative estimate of drug-likeness (QED) is 0.929. The van der Waals surface area contributed by atoms with E-state index >= 15 is 0 Å². The van der Waals surface area contributed by atoms with Gasteiger partial charge in [0.05, 0.1) is 18.4 Å². The average Bonchev–Trinajstić information content (AvgIpc) is 3.02. The molecule has 1 aliphatic heterocycles. The lowest BCUT2D eigenvalue weighted by Gasteiger charge is -2.32. The zero-order valence-electron chi connectivity index (χ0n) is 11.9.